The highest BCUT2D eigenvalue weighted by Gasteiger charge is 2.46. The molecule has 0 bridgehead atoms. The van der Waals surface area contributed by atoms with Crippen LogP contribution in [0.3, 0.4) is 0 Å². The van der Waals surface area contributed by atoms with Crippen molar-refractivity contribution in [1.29, 1.82) is 0 Å². The highest BCUT2D eigenvalue weighted by molar-refractivity contribution is 5.08. The third-order valence-electron chi connectivity index (χ3n) is 3.98. The van der Waals surface area contributed by atoms with Gasteiger partial charge < -0.3 is 29.9 Å². The summed E-state index contributed by atoms with van der Waals surface area (Å²) in [6.45, 7) is -0.504. The zero-order valence-electron chi connectivity index (χ0n) is 12.6. The standard InChI is InChI=1S/C12H18N6O6/c13-17-15-9-7(20)4-6(5-19)23-11(9)24-8-2-1-3-12(22,10(8)21)16-18-14/h4,7-11,19-22H,1-3,5H2/t7-,8?,9+,10?,11+,12?/m0/s1. The van der Waals surface area contributed by atoms with Crippen LogP contribution in [0, 0.1) is 0 Å². The fourth-order valence-electron chi connectivity index (χ4n) is 2.76. The number of azide groups is 2. The van der Waals surface area contributed by atoms with Gasteiger partial charge in [-0.25, -0.2) is 0 Å². The minimum absolute atomic E-state index is 0.0208. The molecule has 6 atom stereocenters. The number of aliphatic hydroxyl groups excluding tert-OH is 3. The van der Waals surface area contributed by atoms with Crippen molar-refractivity contribution in [3.05, 3.63) is 32.7 Å². The van der Waals surface area contributed by atoms with Crippen LogP contribution in [0.25, 0.3) is 20.9 Å². The van der Waals surface area contributed by atoms with Crippen molar-refractivity contribution in [3.8, 4) is 0 Å². The second-order valence-electron chi connectivity index (χ2n) is 5.54. The molecule has 0 aromatic heterocycles. The molecule has 1 heterocycles. The first-order valence-corrected chi connectivity index (χ1v) is 7.28. The molecule has 12 heteroatoms. The molecule has 2 rings (SSSR count). The Morgan fingerprint density at radius 3 is 2.75 bits per heavy atom. The van der Waals surface area contributed by atoms with E-state index in [2.05, 4.69) is 20.1 Å². The fourth-order valence-corrected chi connectivity index (χ4v) is 2.76. The second-order valence-corrected chi connectivity index (χ2v) is 5.54. The summed E-state index contributed by atoms with van der Waals surface area (Å²) in [6.07, 6.45) is -3.07. The summed E-state index contributed by atoms with van der Waals surface area (Å²) in [5.74, 6) is 0.0208. The van der Waals surface area contributed by atoms with Gasteiger partial charge in [0.2, 0.25) is 6.29 Å². The van der Waals surface area contributed by atoms with Gasteiger partial charge in [0.1, 0.15) is 24.5 Å². The Morgan fingerprint density at radius 2 is 2.12 bits per heavy atom. The van der Waals surface area contributed by atoms with Gasteiger partial charge >= 0.3 is 0 Å². The van der Waals surface area contributed by atoms with Crippen LogP contribution in [0.4, 0.5) is 0 Å². The highest BCUT2D eigenvalue weighted by atomic mass is 16.7. The van der Waals surface area contributed by atoms with Crippen molar-refractivity contribution in [1.82, 2.24) is 0 Å². The van der Waals surface area contributed by atoms with Gasteiger partial charge in [-0.05, 0) is 36.4 Å². The van der Waals surface area contributed by atoms with Gasteiger partial charge in [-0.15, -0.1) is 0 Å². The van der Waals surface area contributed by atoms with Crippen LogP contribution in [-0.2, 0) is 9.47 Å². The zero-order valence-corrected chi connectivity index (χ0v) is 12.6. The molecule has 3 unspecified atom stereocenters. The molecule has 0 saturated heterocycles. The predicted octanol–water partition coefficient (Wildman–Crippen LogP) is 0.188. The summed E-state index contributed by atoms with van der Waals surface area (Å²) in [7, 11) is 0. The Kier molecular flexibility index (Phi) is 5.86. The molecule has 132 valence electrons. The molecule has 24 heavy (non-hydrogen) atoms. The molecule has 1 saturated carbocycles. The normalized spacial score (nSPS) is 39.0. The molecular formula is C12H18N6O6. The first kappa shape index (κ1) is 18.3. The van der Waals surface area contributed by atoms with Crippen molar-refractivity contribution in [2.45, 2.75) is 55.6 Å². The largest absolute Gasteiger partial charge is 0.466 e. The van der Waals surface area contributed by atoms with Crippen LogP contribution in [0.1, 0.15) is 19.3 Å². The highest BCUT2D eigenvalue weighted by Crippen LogP contribution is 2.34. The van der Waals surface area contributed by atoms with Gasteiger partial charge in [-0.2, -0.15) is 0 Å². The van der Waals surface area contributed by atoms with Gasteiger partial charge in [0.25, 0.3) is 0 Å². The van der Waals surface area contributed by atoms with Crippen LogP contribution in [0.2, 0.25) is 0 Å². The first-order chi connectivity index (χ1) is 11.4. The minimum atomic E-state index is -2.02. The van der Waals surface area contributed by atoms with Crippen molar-refractivity contribution in [2.75, 3.05) is 6.61 Å². The smallest absolute Gasteiger partial charge is 0.211 e. The Hall–Kier alpha value is -2.04. The molecule has 0 aromatic rings. The Morgan fingerprint density at radius 1 is 1.38 bits per heavy atom. The first-order valence-electron chi connectivity index (χ1n) is 7.28. The summed E-state index contributed by atoms with van der Waals surface area (Å²) >= 11 is 0. The molecule has 1 aliphatic carbocycles. The van der Waals surface area contributed by atoms with Crippen LogP contribution in [0.5, 0.6) is 0 Å². The molecule has 0 radical (unpaired) electrons. The average Bonchev–Trinajstić information content (AvgIpc) is 2.55. The summed E-state index contributed by atoms with van der Waals surface area (Å²) < 4.78 is 10.9. The lowest BCUT2D eigenvalue weighted by Crippen LogP contribution is -2.54. The van der Waals surface area contributed by atoms with Crippen molar-refractivity contribution < 1.29 is 29.9 Å². The molecule has 0 aromatic carbocycles. The number of rotatable bonds is 5. The van der Waals surface area contributed by atoms with E-state index in [1.165, 1.54) is 6.08 Å². The van der Waals surface area contributed by atoms with Crippen molar-refractivity contribution in [2.24, 2.45) is 10.2 Å². The van der Waals surface area contributed by atoms with Gasteiger partial charge in [0, 0.05) is 9.82 Å². The van der Waals surface area contributed by atoms with E-state index < -0.39 is 43.0 Å². The van der Waals surface area contributed by atoms with E-state index in [-0.39, 0.29) is 12.2 Å². The number of hydrogen-bond donors (Lipinski definition) is 4. The lowest BCUT2D eigenvalue weighted by Gasteiger charge is -2.41. The van der Waals surface area contributed by atoms with Gasteiger partial charge in [-0.3, -0.25) is 0 Å². The summed E-state index contributed by atoms with van der Waals surface area (Å²) in [5, 5.41) is 46.2. The lowest BCUT2D eigenvalue weighted by atomic mass is 9.87. The maximum absolute atomic E-state index is 10.2. The molecular weight excluding hydrogens is 324 g/mol. The summed E-state index contributed by atoms with van der Waals surface area (Å²) in [5.41, 5.74) is 15.1. The molecule has 2 aliphatic rings. The predicted molar refractivity (Wildman–Crippen MR) is 77.8 cm³/mol. The molecule has 1 fully saturated rings. The van der Waals surface area contributed by atoms with E-state index in [0.29, 0.717) is 12.8 Å². The Labute approximate surface area is 136 Å². The number of ether oxygens (including phenoxy) is 2. The van der Waals surface area contributed by atoms with E-state index in [1.54, 1.807) is 0 Å². The third kappa shape index (κ3) is 3.71. The van der Waals surface area contributed by atoms with Crippen LogP contribution in [0.15, 0.2) is 22.1 Å². The van der Waals surface area contributed by atoms with E-state index in [4.69, 9.17) is 25.6 Å². The minimum Gasteiger partial charge on any atom is -0.466 e. The zero-order chi connectivity index (χ0) is 17.7. The van der Waals surface area contributed by atoms with E-state index >= 15 is 0 Å². The van der Waals surface area contributed by atoms with Gasteiger partial charge in [0.15, 0.2) is 5.72 Å². The quantitative estimate of drug-likeness (QED) is 0.312. The van der Waals surface area contributed by atoms with Gasteiger partial charge in [0.05, 0.1) is 12.2 Å². The lowest BCUT2D eigenvalue weighted by molar-refractivity contribution is -0.236. The van der Waals surface area contributed by atoms with E-state index in [1.807, 2.05) is 0 Å². The topological polar surface area (TPSA) is 197 Å². The molecule has 0 spiro atoms. The van der Waals surface area contributed by atoms with Crippen molar-refractivity contribution >= 4 is 0 Å². The van der Waals surface area contributed by atoms with Gasteiger partial charge in [-0.1, -0.05) is 10.2 Å². The van der Waals surface area contributed by atoms with Crippen molar-refractivity contribution in [3.63, 3.8) is 0 Å². The SMILES string of the molecule is [N-]=[N+]=N[C@H]1[C@@H](OC2CCCC(O)(N=[N+]=[N-])C2O)OC(CO)=C[C@@H]1O. The summed E-state index contributed by atoms with van der Waals surface area (Å²) in [6, 6.07) is -1.15. The maximum Gasteiger partial charge on any atom is 0.211 e. The number of hydrogen-bond acceptors (Lipinski definition) is 8. The summed E-state index contributed by atoms with van der Waals surface area (Å²) in [4.78, 5) is 5.14. The van der Waals surface area contributed by atoms with Crippen LogP contribution < -0.4 is 0 Å². The van der Waals surface area contributed by atoms with E-state index in [9.17, 15) is 15.3 Å². The maximum atomic E-state index is 10.2. The average molecular weight is 342 g/mol. The number of nitrogens with zero attached hydrogens (tertiary/aromatic N) is 6. The number of aliphatic hydroxyl groups is 4. The van der Waals surface area contributed by atoms with Crippen LogP contribution >= 0.6 is 0 Å². The molecule has 12 nitrogen and oxygen atoms in total. The Bertz CT molecular complexity index is 589. The third-order valence-corrected chi connectivity index (χ3v) is 3.98. The monoisotopic (exact) mass is 342 g/mol. The molecule has 4 N–H and O–H groups in total. The molecule has 1 aliphatic heterocycles. The molecule has 0 amide bonds. The second kappa shape index (κ2) is 7.69. The Balaban J connectivity index is 2.19. The van der Waals surface area contributed by atoms with Crippen LogP contribution in [-0.4, -0.2) is 63.4 Å². The van der Waals surface area contributed by atoms with E-state index in [0.717, 1.165) is 0 Å². The fraction of sp³-hybridized carbons (Fsp3) is 0.833.